The number of piperazine rings is 1. The molecule has 0 radical (unpaired) electrons. The number of hydrogen-bond acceptors (Lipinski definition) is 5. The molecule has 0 bridgehead atoms. The van der Waals surface area contributed by atoms with Gasteiger partial charge in [0.05, 0.1) is 12.4 Å². The Hall–Kier alpha value is -1.27. The van der Waals surface area contributed by atoms with Gasteiger partial charge >= 0.3 is 0 Å². The van der Waals surface area contributed by atoms with Gasteiger partial charge in [0.1, 0.15) is 0 Å². The van der Waals surface area contributed by atoms with E-state index in [4.69, 9.17) is 0 Å². The predicted octanol–water partition coefficient (Wildman–Crippen LogP) is 3.65. The molecule has 0 atom stereocenters. The van der Waals surface area contributed by atoms with Crippen LogP contribution >= 0.6 is 0 Å². The molecule has 1 aliphatic heterocycles. The second-order valence-electron chi connectivity index (χ2n) is 7.03. The van der Waals surface area contributed by atoms with Gasteiger partial charge in [0.15, 0.2) is 5.82 Å². The van der Waals surface area contributed by atoms with E-state index in [0.29, 0.717) is 5.95 Å². The topological polar surface area (TPSA) is 67.3 Å². The van der Waals surface area contributed by atoms with E-state index in [2.05, 4.69) is 19.8 Å². The van der Waals surface area contributed by atoms with Crippen LogP contribution in [0.2, 0.25) is 0 Å². The number of hydrogen-bond donors (Lipinski definition) is 1. The fraction of sp³-hybridized carbons (Fsp3) is 0.778. The van der Waals surface area contributed by atoms with Crippen LogP contribution in [-0.2, 0) is 0 Å². The Morgan fingerprint density at radius 3 is 2.29 bits per heavy atom. The van der Waals surface area contributed by atoms with Gasteiger partial charge in [-0.3, -0.25) is 4.90 Å². The highest BCUT2D eigenvalue weighted by Gasteiger charge is 2.19. The summed E-state index contributed by atoms with van der Waals surface area (Å²) < 4.78 is 12.9. The molecule has 2 aliphatic rings. The summed E-state index contributed by atoms with van der Waals surface area (Å²) in [5.41, 5.74) is 0. The SMILES string of the molecule is Fc1cnc(N2CCN(CCCCC3CCCCC3)CC2)nc1.N. The van der Waals surface area contributed by atoms with Crippen molar-refractivity contribution in [2.24, 2.45) is 5.92 Å². The van der Waals surface area contributed by atoms with E-state index in [-0.39, 0.29) is 12.0 Å². The van der Waals surface area contributed by atoms with Crippen LogP contribution in [-0.4, -0.2) is 47.6 Å². The molecule has 3 N–H and O–H groups in total. The number of anilines is 1. The van der Waals surface area contributed by atoms with Crippen molar-refractivity contribution >= 4 is 5.95 Å². The van der Waals surface area contributed by atoms with Crippen LogP contribution in [0.25, 0.3) is 0 Å². The summed E-state index contributed by atoms with van der Waals surface area (Å²) in [4.78, 5) is 12.8. The van der Waals surface area contributed by atoms with Crippen LogP contribution in [0.15, 0.2) is 12.4 Å². The molecule has 0 amide bonds. The summed E-state index contributed by atoms with van der Waals surface area (Å²) in [7, 11) is 0. The lowest BCUT2D eigenvalue weighted by Crippen LogP contribution is -2.47. The van der Waals surface area contributed by atoms with E-state index in [1.807, 2.05) is 0 Å². The number of rotatable bonds is 6. The molecule has 24 heavy (non-hydrogen) atoms. The molecular formula is C18H32FN5. The van der Waals surface area contributed by atoms with Gasteiger partial charge < -0.3 is 11.1 Å². The third-order valence-corrected chi connectivity index (χ3v) is 5.32. The van der Waals surface area contributed by atoms with Gasteiger partial charge in [0, 0.05) is 26.2 Å². The summed E-state index contributed by atoms with van der Waals surface area (Å²) in [5, 5.41) is 0. The summed E-state index contributed by atoms with van der Waals surface area (Å²) >= 11 is 0. The van der Waals surface area contributed by atoms with Crippen molar-refractivity contribution in [1.82, 2.24) is 21.0 Å². The molecular weight excluding hydrogens is 305 g/mol. The lowest BCUT2D eigenvalue weighted by atomic mass is 9.86. The molecule has 0 spiro atoms. The maximum absolute atomic E-state index is 12.9. The Kier molecular flexibility index (Phi) is 7.85. The number of unbranched alkanes of at least 4 members (excludes halogenated alkanes) is 1. The van der Waals surface area contributed by atoms with E-state index in [1.165, 1.54) is 70.3 Å². The second kappa shape index (κ2) is 9.89. The van der Waals surface area contributed by atoms with E-state index in [9.17, 15) is 4.39 Å². The molecule has 2 heterocycles. The Morgan fingerprint density at radius 2 is 1.62 bits per heavy atom. The van der Waals surface area contributed by atoms with Crippen LogP contribution in [0.4, 0.5) is 10.3 Å². The first kappa shape index (κ1) is 19.1. The molecule has 1 aromatic heterocycles. The maximum atomic E-state index is 12.9. The van der Waals surface area contributed by atoms with Crippen molar-refractivity contribution in [2.45, 2.75) is 51.4 Å². The minimum Gasteiger partial charge on any atom is -0.344 e. The number of halogens is 1. The van der Waals surface area contributed by atoms with Crippen LogP contribution in [0.1, 0.15) is 51.4 Å². The van der Waals surface area contributed by atoms with Crippen molar-refractivity contribution in [3.05, 3.63) is 18.2 Å². The van der Waals surface area contributed by atoms with Crippen LogP contribution in [0.5, 0.6) is 0 Å². The average molecular weight is 337 g/mol. The van der Waals surface area contributed by atoms with Crippen LogP contribution < -0.4 is 11.1 Å². The highest BCUT2D eigenvalue weighted by atomic mass is 19.1. The molecule has 1 saturated carbocycles. The molecule has 6 heteroatoms. The third kappa shape index (κ3) is 5.67. The average Bonchev–Trinajstić information content (AvgIpc) is 2.61. The molecule has 1 aromatic rings. The molecule has 136 valence electrons. The Balaban J connectivity index is 0.00000208. The first-order valence-corrected chi connectivity index (χ1v) is 9.26. The summed E-state index contributed by atoms with van der Waals surface area (Å²) in [5.74, 6) is 1.30. The van der Waals surface area contributed by atoms with Crippen LogP contribution in [0.3, 0.4) is 0 Å². The number of nitrogens with zero attached hydrogens (tertiary/aromatic N) is 4. The smallest absolute Gasteiger partial charge is 0.225 e. The van der Waals surface area contributed by atoms with Crippen molar-refractivity contribution in [2.75, 3.05) is 37.6 Å². The van der Waals surface area contributed by atoms with E-state index < -0.39 is 0 Å². The standard InChI is InChI=1S/C18H29FN4.H3N/c19-17-14-20-18(21-15-17)23-12-10-22(11-13-23)9-5-4-8-16-6-2-1-3-7-16;/h14-16H,1-13H2;1H3. The highest BCUT2D eigenvalue weighted by molar-refractivity contribution is 5.29. The van der Waals surface area contributed by atoms with Crippen molar-refractivity contribution in [3.8, 4) is 0 Å². The Labute approximate surface area is 145 Å². The van der Waals surface area contributed by atoms with Crippen molar-refractivity contribution < 1.29 is 4.39 Å². The van der Waals surface area contributed by atoms with Crippen molar-refractivity contribution in [1.29, 1.82) is 0 Å². The Bertz CT molecular complexity index is 453. The predicted molar refractivity (Wildman–Crippen MR) is 96.1 cm³/mol. The molecule has 1 saturated heterocycles. The fourth-order valence-electron chi connectivity index (χ4n) is 3.88. The molecule has 0 aromatic carbocycles. The normalized spacial score (nSPS) is 20.0. The highest BCUT2D eigenvalue weighted by Crippen LogP contribution is 2.27. The van der Waals surface area contributed by atoms with Gasteiger partial charge in [-0.2, -0.15) is 0 Å². The molecule has 3 rings (SSSR count). The minimum atomic E-state index is -0.370. The first-order valence-electron chi connectivity index (χ1n) is 9.26. The van der Waals surface area contributed by atoms with E-state index >= 15 is 0 Å². The Morgan fingerprint density at radius 1 is 0.958 bits per heavy atom. The van der Waals surface area contributed by atoms with Gasteiger partial charge in [-0.1, -0.05) is 44.9 Å². The molecule has 5 nitrogen and oxygen atoms in total. The van der Waals surface area contributed by atoms with E-state index in [0.717, 1.165) is 32.1 Å². The molecule has 0 unspecified atom stereocenters. The number of aromatic nitrogens is 2. The summed E-state index contributed by atoms with van der Waals surface area (Å²) in [6.07, 6.45) is 13.9. The molecule has 1 aliphatic carbocycles. The van der Waals surface area contributed by atoms with Crippen molar-refractivity contribution in [3.63, 3.8) is 0 Å². The largest absolute Gasteiger partial charge is 0.344 e. The monoisotopic (exact) mass is 337 g/mol. The van der Waals surface area contributed by atoms with Gasteiger partial charge in [-0.25, -0.2) is 14.4 Å². The molecule has 2 fully saturated rings. The van der Waals surface area contributed by atoms with Gasteiger partial charge in [0.2, 0.25) is 5.95 Å². The third-order valence-electron chi connectivity index (χ3n) is 5.32. The van der Waals surface area contributed by atoms with Gasteiger partial charge in [-0.05, 0) is 18.9 Å². The summed E-state index contributed by atoms with van der Waals surface area (Å²) in [6, 6.07) is 0. The first-order chi connectivity index (χ1) is 11.3. The van der Waals surface area contributed by atoms with Crippen LogP contribution in [0, 0.1) is 11.7 Å². The quantitative estimate of drug-likeness (QED) is 0.803. The van der Waals surface area contributed by atoms with Gasteiger partial charge in [0.25, 0.3) is 0 Å². The summed E-state index contributed by atoms with van der Waals surface area (Å²) in [6.45, 7) is 5.21. The zero-order chi connectivity index (χ0) is 15.9. The zero-order valence-corrected chi connectivity index (χ0v) is 14.8. The second-order valence-corrected chi connectivity index (χ2v) is 7.03. The van der Waals surface area contributed by atoms with Gasteiger partial charge in [-0.15, -0.1) is 0 Å². The minimum absolute atomic E-state index is 0. The zero-order valence-electron chi connectivity index (χ0n) is 14.8. The van der Waals surface area contributed by atoms with E-state index in [1.54, 1.807) is 0 Å². The fourth-order valence-corrected chi connectivity index (χ4v) is 3.88. The lowest BCUT2D eigenvalue weighted by molar-refractivity contribution is 0.244. The lowest BCUT2D eigenvalue weighted by Gasteiger charge is -2.34. The maximum Gasteiger partial charge on any atom is 0.225 e.